The summed E-state index contributed by atoms with van der Waals surface area (Å²) in [5.74, 6) is 1.73. The maximum Gasteiger partial charge on any atom is 0.161 e. The molecule has 0 N–H and O–H groups in total. The fourth-order valence-electron chi connectivity index (χ4n) is 3.57. The van der Waals surface area contributed by atoms with Crippen LogP contribution in [0.15, 0.2) is 36.9 Å². The monoisotopic (exact) mass is 365 g/mol. The van der Waals surface area contributed by atoms with Gasteiger partial charge in [0.15, 0.2) is 11.5 Å². The van der Waals surface area contributed by atoms with Crippen molar-refractivity contribution in [3.05, 3.63) is 48.0 Å². The molecule has 2 aromatic carbocycles. The Kier molecular flexibility index (Phi) is 6.44. The minimum atomic E-state index is 0.721. The van der Waals surface area contributed by atoms with Crippen molar-refractivity contribution in [1.82, 2.24) is 0 Å². The van der Waals surface area contributed by atoms with E-state index in [9.17, 15) is 0 Å². The lowest BCUT2D eigenvalue weighted by Crippen LogP contribution is -2.22. The van der Waals surface area contributed by atoms with Gasteiger partial charge in [0.2, 0.25) is 0 Å². The first-order valence-corrected chi connectivity index (χ1v) is 10.1. The van der Waals surface area contributed by atoms with Crippen molar-refractivity contribution in [2.75, 3.05) is 25.2 Å². The van der Waals surface area contributed by atoms with Crippen LogP contribution in [0.2, 0.25) is 0 Å². The van der Waals surface area contributed by atoms with Gasteiger partial charge in [0.05, 0.1) is 18.9 Å². The molecule has 0 unspecified atom stereocenters. The van der Waals surface area contributed by atoms with E-state index in [0.29, 0.717) is 0 Å². The molecule has 27 heavy (non-hydrogen) atoms. The number of hydrogen-bond acceptors (Lipinski definition) is 3. The fraction of sp³-hybridized carbons (Fsp3) is 0.417. The second-order valence-electron chi connectivity index (χ2n) is 7.16. The summed E-state index contributed by atoms with van der Waals surface area (Å²) >= 11 is 0. The topological polar surface area (TPSA) is 21.7 Å². The molecule has 2 aromatic rings. The van der Waals surface area contributed by atoms with Crippen LogP contribution < -0.4 is 14.4 Å². The van der Waals surface area contributed by atoms with E-state index in [0.717, 1.165) is 62.5 Å². The highest BCUT2D eigenvalue weighted by Crippen LogP contribution is 2.45. The number of anilines is 1. The summed E-state index contributed by atoms with van der Waals surface area (Å²) in [5.41, 5.74) is 6.15. The van der Waals surface area contributed by atoms with Crippen LogP contribution in [0.3, 0.4) is 0 Å². The smallest absolute Gasteiger partial charge is 0.161 e. The Labute approximate surface area is 163 Å². The molecule has 3 rings (SSSR count). The average molecular weight is 366 g/mol. The molecule has 1 aliphatic rings. The van der Waals surface area contributed by atoms with Crippen molar-refractivity contribution in [2.24, 2.45) is 0 Å². The fourth-order valence-corrected chi connectivity index (χ4v) is 3.57. The van der Waals surface area contributed by atoms with Gasteiger partial charge in [0.25, 0.3) is 0 Å². The second kappa shape index (κ2) is 8.98. The summed E-state index contributed by atoms with van der Waals surface area (Å²) in [6.07, 6.45) is 6.27. The molecular weight excluding hydrogens is 334 g/mol. The highest BCUT2D eigenvalue weighted by Gasteiger charge is 2.24. The molecule has 0 spiro atoms. The molecule has 0 atom stereocenters. The Balaban J connectivity index is 2.03. The van der Waals surface area contributed by atoms with Crippen molar-refractivity contribution in [2.45, 2.75) is 46.1 Å². The Morgan fingerprint density at radius 1 is 1.00 bits per heavy atom. The van der Waals surface area contributed by atoms with E-state index in [1.54, 1.807) is 0 Å². The van der Waals surface area contributed by atoms with Crippen LogP contribution >= 0.6 is 0 Å². The van der Waals surface area contributed by atoms with Crippen LogP contribution in [0.25, 0.3) is 17.2 Å². The van der Waals surface area contributed by atoms with E-state index in [1.807, 2.05) is 6.08 Å². The van der Waals surface area contributed by atoms with Gasteiger partial charge in [0, 0.05) is 19.2 Å². The largest absolute Gasteiger partial charge is 0.490 e. The first kappa shape index (κ1) is 19.3. The van der Waals surface area contributed by atoms with Crippen molar-refractivity contribution in [1.29, 1.82) is 0 Å². The first-order chi connectivity index (χ1) is 13.2. The SMILES string of the molecule is C=Cc1cccc2c1N(C)Cc1cc(OCCCC)c(OCCCC)cc1-2. The van der Waals surface area contributed by atoms with E-state index in [4.69, 9.17) is 9.47 Å². The van der Waals surface area contributed by atoms with Gasteiger partial charge < -0.3 is 14.4 Å². The third-order valence-corrected chi connectivity index (χ3v) is 5.05. The zero-order chi connectivity index (χ0) is 19.2. The van der Waals surface area contributed by atoms with E-state index in [-0.39, 0.29) is 0 Å². The molecule has 0 saturated carbocycles. The number of rotatable bonds is 9. The van der Waals surface area contributed by atoms with Gasteiger partial charge in [0.1, 0.15) is 0 Å². The molecule has 0 fully saturated rings. The lowest BCUT2D eigenvalue weighted by molar-refractivity contribution is 0.262. The Hall–Kier alpha value is -2.42. The number of ether oxygens (including phenoxy) is 2. The van der Waals surface area contributed by atoms with Gasteiger partial charge in [-0.25, -0.2) is 0 Å². The molecule has 0 amide bonds. The molecule has 1 heterocycles. The molecular formula is C24H31NO2. The molecule has 0 bridgehead atoms. The lowest BCUT2D eigenvalue weighted by atomic mass is 9.91. The Bertz CT molecular complexity index is 797. The number of benzene rings is 2. The van der Waals surface area contributed by atoms with Crippen LogP contribution in [0.1, 0.15) is 50.7 Å². The molecule has 0 saturated heterocycles. The number of unbranched alkanes of at least 4 members (excludes halogenated alkanes) is 2. The first-order valence-electron chi connectivity index (χ1n) is 10.1. The van der Waals surface area contributed by atoms with Crippen molar-refractivity contribution < 1.29 is 9.47 Å². The van der Waals surface area contributed by atoms with E-state index < -0.39 is 0 Å². The minimum Gasteiger partial charge on any atom is -0.490 e. The molecule has 144 valence electrons. The third kappa shape index (κ3) is 4.13. The van der Waals surface area contributed by atoms with E-state index >= 15 is 0 Å². The van der Waals surface area contributed by atoms with Crippen LogP contribution in [0.5, 0.6) is 11.5 Å². The van der Waals surface area contributed by atoms with E-state index in [2.05, 4.69) is 62.7 Å². The average Bonchev–Trinajstić information content (AvgIpc) is 2.68. The van der Waals surface area contributed by atoms with Crippen LogP contribution in [-0.4, -0.2) is 20.3 Å². The minimum absolute atomic E-state index is 0.721. The Morgan fingerprint density at radius 2 is 1.67 bits per heavy atom. The van der Waals surface area contributed by atoms with Gasteiger partial charge in [-0.3, -0.25) is 0 Å². The van der Waals surface area contributed by atoms with Gasteiger partial charge in [-0.2, -0.15) is 0 Å². The summed E-state index contributed by atoms with van der Waals surface area (Å²) in [6.45, 7) is 10.6. The van der Waals surface area contributed by atoms with Gasteiger partial charge in [-0.15, -0.1) is 0 Å². The van der Waals surface area contributed by atoms with Crippen molar-refractivity contribution in [3.63, 3.8) is 0 Å². The summed E-state index contributed by atoms with van der Waals surface area (Å²) in [6, 6.07) is 10.7. The van der Waals surface area contributed by atoms with Crippen LogP contribution in [0.4, 0.5) is 5.69 Å². The van der Waals surface area contributed by atoms with Gasteiger partial charge in [-0.1, -0.05) is 57.5 Å². The van der Waals surface area contributed by atoms with Crippen LogP contribution in [-0.2, 0) is 6.54 Å². The van der Waals surface area contributed by atoms with Crippen molar-refractivity contribution in [3.8, 4) is 22.6 Å². The van der Waals surface area contributed by atoms with E-state index in [1.165, 1.54) is 22.4 Å². The Morgan fingerprint density at radius 3 is 2.30 bits per heavy atom. The summed E-state index contributed by atoms with van der Waals surface area (Å²) in [7, 11) is 2.14. The lowest BCUT2D eigenvalue weighted by Gasteiger charge is -2.32. The molecule has 0 aromatic heterocycles. The highest BCUT2D eigenvalue weighted by molar-refractivity contribution is 5.89. The molecule has 3 nitrogen and oxygen atoms in total. The molecule has 3 heteroatoms. The maximum absolute atomic E-state index is 6.11. The molecule has 0 radical (unpaired) electrons. The molecule has 0 aliphatic carbocycles. The number of nitrogens with zero attached hydrogens (tertiary/aromatic N) is 1. The van der Waals surface area contributed by atoms with Gasteiger partial charge in [-0.05, 0) is 41.7 Å². The number of fused-ring (bicyclic) bond motifs is 3. The predicted molar refractivity (Wildman–Crippen MR) is 115 cm³/mol. The second-order valence-corrected chi connectivity index (χ2v) is 7.16. The van der Waals surface area contributed by atoms with Crippen LogP contribution in [0, 0.1) is 0 Å². The van der Waals surface area contributed by atoms with Crippen molar-refractivity contribution >= 4 is 11.8 Å². The van der Waals surface area contributed by atoms with Gasteiger partial charge >= 0.3 is 0 Å². The maximum atomic E-state index is 6.11. The highest BCUT2D eigenvalue weighted by atomic mass is 16.5. The summed E-state index contributed by atoms with van der Waals surface area (Å²) in [5, 5.41) is 0. The summed E-state index contributed by atoms with van der Waals surface area (Å²) < 4.78 is 12.2. The number of hydrogen-bond donors (Lipinski definition) is 0. The zero-order valence-electron chi connectivity index (χ0n) is 16.9. The normalized spacial score (nSPS) is 12.3. The number of para-hydroxylation sites is 1. The quantitative estimate of drug-likeness (QED) is 0.486. The standard InChI is InChI=1S/C24H31NO2/c1-5-8-13-26-22-15-19-17-25(4)24-18(7-3)11-10-12-20(24)21(19)16-23(22)27-14-9-6-2/h7,10-12,15-16H,3,5-6,8-9,13-14,17H2,1-2,4H3. The summed E-state index contributed by atoms with van der Waals surface area (Å²) in [4.78, 5) is 2.29. The zero-order valence-corrected chi connectivity index (χ0v) is 16.9. The third-order valence-electron chi connectivity index (χ3n) is 5.05. The molecule has 1 aliphatic heterocycles. The predicted octanol–water partition coefficient (Wildman–Crippen LogP) is 6.30.